The van der Waals surface area contributed by atoms with Gasteiger partial charge in [0.15, 0.2) is 0 Å². The minimum atomic E-state index is -0.549. The van der Waals surface area contributed by atoms with Crippen LogP contribution in [-0.4, -0.2) is 42.4 Å². The fraction of sp³-hybridized carbons (Fsp3) is 0.556. The molecule has 0 saturated carbocycles. The first-order valence-electron chi connectivity index (χ1n) is 8.67. The number of piperidine rings is 1. The maximum atomic E-state index is 13.0. The second-order valence-corrected chi connectivity index (χ2v) is 6.20. The van der Waals surface area contributed by atoms with Crippen LogP contribution in [0.1, 0.15) is 48.9 Å². The van der Waals surface area contributed by atoms with E-state index in [2.05, 4.69) is 5.32 Å². The number of unbranched alkanes of at least 4 members (excludes halogenated alkanes) is 1. The summed E-state index contributed by atoms with van der Waals surface area (Å²) in [5, 5.41) is 2.82. The summed E-state index contributed by atoms with van der Waals surface area (Å²) in [7, 11) is 0. The second-order valence-electron chi connectivity index (χ2n) is 6.20. The number of halogens is 1. The molecule has 1 heterocycles. The fourth-order valence-corrected chi connectivity index (χ4v) is 2.93. The number of carbonyl (C=O) groups is 2. The third-order valence-corrected chi connectivity index (χ3v) is 4.32. The highest BCUT2D eigenvalue weighted by Crippen LogP contribution is 2.13. The predicted molar refractivity (Wildman–Crippen MR) is 91.0 cm³/mol. The molecule has 3 N–H and O–H groups in total. The molecule has 1 aliphatic heterocycles. The van der Waals surface area contributed by atoms with Crippen molar-refractivity contribution in [3.05, 3.63) is 35.6 Å². The van der Waals surface area contributed by atoms with Crippen LogP contribution < -0.4 is 11.1 Å². The topological polar surface area (TPSA) is 75.4 Å². The van der Waals surface area contributed by atoms with Crippen molar-refractivity contribution in [2.24, 2.45) is 5.73 Å². The van der Waals surface area contributed by atoms with E-state index in [9.17, 15) is 14.0 Å². The molecule has 1 aromatic carbocycles. The minimum absolute atomic E-state index is 0.0258. The quantitative estimate of drug-likeness (QED) is 0.749. The van der Waals surface area contributed by atoms with E-state index in [0.717, 1.165) is 45.2 Å². The normalized spacial score (nSPS) is 15.8. The van der Waals surface area contributed by atoms with E-state index >= 15 is 0 Å². The van der Waals surface area contributed by atoms with E-state index < -0.39 is 11.9 Å². The molecule has 2 amide bonds. The Morgan fingerprint density at radius 3 is 2.42 bits per heavy atom. The highest BCUT2D eigenvalue weighted by molar-refractivity contribution is 5.97. The van der Waals surface area contributed by atoms with Crippen molar-refractivity contribution in [1.82, 2.24) is 10.2 Å². The number of amides is 2. The van der Waals surface area contributed by atoms with Gasteiger partial charge in [0.1, 0.15) is 11.9 Å². The van der Waals surface area contributed by atoms with Crippen LogP contribution in [0.25, 0.3) is 0 Å². The Labute approximate surface area is 142 Å². The van der Waals surface area contributed by atoms with E-state index in [0.29, 0.717) is 18.5 Å². The average molecular weight is 335 g/mol. The summed E-state index contributed by atoms with van der Waals surface area (Å²) in [4.78, 5) is 26.9. The summed E-state index contributed by atoms with van der Waals surface area (Å²) < 4.78 is 13.0. The molecule has 1 saturated heterocycles. The Bertz CT molecular complexity index is 542. The van der Waals surface area contributed by atoms with Crippen molar-refractivity contribution >= 4 is 11.8 Å². The molecule has 1 atom stereocenters. The highest BCUT2D eigenvalue weighted by Gasteiger charge is 2.26. The Morgan fingerprint density at radius 1 is 1.12 bits per heavy atom. The lowest BCUT2D eigenvalue weighted by Crippen LogP contribution is -2.50. The van der Waals surface area contributed by atoms with Crippen LogP contribution in [0, 0.1) is 5.82 Å². The molecule has 24 heavy (non-hydrogen) atoms. The number of likely N-dealkylation sites (tertiary alicyclic amines) is 1. The summed E-state index contributed by atoms with van der Waals surface area (Å²) in [6.07, 6.45) is 5.32. The van der Waals surface area contributed by atoms with Gasteiger partial charge in [0.05, 0.1) is 0 Å². The Balaban J connectivity index is 2.02. The van der Waals surface area contributed by atoms with Gasteiger partial charge in [-0.25, -0.2) is 4.39 Å². The molecule has 132 valence electrons. The van der Waals surface area contributed by atoms with Crippen molar-refractivity contribution in [3.8, 4) is 0 Å². The van der Waals surface area contributed by atoms with Crippen molar-refractivity contribution in [2.75, 3.05) is 19.6 Å². The summed E-state index contributed by atoms with van der Waals surface area (Å²) in [6, 6.07) is 4.78. The van der Waals surface area contributed by atoms with E-state index in [-0.39, 0.29) is 11.8 Å². The lowest BCUT2D eigenvalue weighted by atomic mass is 10.0. The van der Waals surface area contributed by atoms with Gasteiger partial charge in [-0.15, -0.1) is 0 Å². The molecule has 0 aromatic heterocycles. The van der Waals surface area contributed by atoms with Crippen LogP contribution in [0.5, 0.6) is 0 Å². The molecular formula is C18H26FN3O2. The predicted octanol–water partition coefficient (Wildman–Crippen LogP) is 2.07. The van der Waals surface area contributed by atoms with Crippen molar-refractivity contribution in [3.63, 3.8) is 0 Å². The summed E-state index contributed by atoms with van der Waals surface area (Å²) in [5.74, 6) is -0.768. The molecule has 1 aromatic rings. The number of carbonyl (C=O) groups excluding carboxylic acids is 2. The highest BCUT2D eigenvalue weighted by atomic mass is 19.1. The second kappa shape index (κ2) is 9.37. The Kier molecular flexibility index (Phi) is 7.18. The Hall–Kier alpha value is -1.95. The van der Waals surface area contributed by atoms with Gasteiger partial charge in [0, 0.05) is 18.7 Å². The number of nitrogens with one attached hydrogen (secondary N) is 1. The SMILES string of the molecule is NCCCC[C@H](NC(=O)c1ccc(F)cc1)C(=O)N1CCCCC1. The van der Waals surface area contributed by atoms with Gasteiger partial charge in [0.25, 0.3) is 5.91 Å². The molecule has 0 unspecified atom stereocenters. The van der Waals surface area contributed by atoms with Gasteiger partial charge >= 0.3 is 0 Å². The van der Waals surface area contributed by atoms with Crippen LogP contribution in [0.4, 0.5) is 4.39 Å². The third kappa shape index (κ3) is 5.30. The zero-order chi connectivity index (χ0) is 17.4. The fourth-order valence-electron chi connectivity index (χ4n) is 2.93. The number of hydrogen-bond acceptors (Lipinski definition) is 3. The molecule has 0 radical (unpaired) electrons. The van der Waals surface area contributed by atoms with E-state index in [1.165, 1.54) is 24.3 Å². The van der Waals surface area contributed by atoms with Crippen LogP contribution in [0.3, 0.4) is 0 Å². The standard InChI is InChI=1S/C18H26FN3O2/c19-15-9-7-14(8-10-15)17(23)21-16(6-2-3-11-20)18(24)22-12-4-1-5-13-22/h7-10,16H,1-6,11-13,20H2,(H,21,23)/t16-/m0/s1. The summed E-state index contributed by atoms with van der Waals surface area (Å²) in [6.45, 7) is 2.06. The molecule has 1 fully saturated rings. The molecule has 5 nitrogen and oxygen atoms in total. The summed E-state index contributed by atoms with van der Waals surface area (Å²) >= 11 is 0. The van der Waals surface area contributed by atoms with Crippen LogP contribution >= 0.6 is 0 Å². The molecule has 1 aliphatic rings. The molecule has 6 heteroatoms. The van der Waals surface area contributed by atoms with Gasteiger partial charge in [-0.05, 0) is 69.3 Å². The number of benzene rings is 1. The van der Waals surface area contributed by atoms with Crippen LogP contribution in [0.15, 0.2) is 24.3 Å². The van der Waals surface area contributed by atoms with Crippen molar-refractivity contribution < 1.29 is 14.0 Å². The Morgan fingerprint density at radius 2 is 1.79 bits per heavy atom. The van der Waals surface area contributed by atoms with Crippen LogP contribution in [0.2, 0.25) is 0 Å². The zero-order valence-corrected chi connectivity index (χ0v) is 14.0. The molecule has 0 aliphatic carbocycles. The van der Waals surface area contributed by atoms with E-state index in [1.54, 1.807) is 0 Å². The first-order chi connectivity index (χ1) is 11.6. The molecule has 0 bridgehead atoms. The van der Waals surface area contributed by atoms with Gasteiger partial charge in [-0.2, -0.15) is 0 Å². The average Bonchev–Trinajstić information content (AvgIpc) is 2.61. The number of nitrogens with zero attached hydrogens (tertiary/aromatic N) is 1. The monoisotopic (exact) mass is 335 g/mol. The lowest BCUT2D eigenvalue weighted by molar-refractivity contribution is -0.134. The first-order valence-corrected chi connectivity index (χ1v) is 8.67. The van der Waals surface area contributed by atoms with Crippen molar-refractivity contribution in [2.45, 2.75) is 44.6 Å². The zero-order valence-electron chi connectivity index (χ0n) is 14.0. The maximum absolute atomic E-state index is 13.0. The van der Waals surface area contributed by atoms with Gasteiger partial charge in [-0.3, -0.25) is 9.59 Å². The lowest BCUT2D eigenvalue weighted by Gasteiger charge is -2.30. The largest absolute Gasteiger partial charge is 0.341 e. The minimum Gasteiger partial charge on any atom is -0.341 e. The number of rotatable bonds is 7. The maximum Gasteiger partial charge on any atom is 0.251 e. The van der Waals surface area contributed by atoms with Crippen LogP contribution in [-0.2, 0) is 4.79 Å². The third-order valence-electron chi connectivity index (χ3n) is 4.32. The molecule has 2 rings (SSSR count). The van der Waals surface area contributed by atoms with Crippen molar-refractivity contribution in [1.29, 1.82) is 0 Å². The first kappa shape index (κ1) is 18.4. The smallest absolute Gasteiger partial charge is 0.251 e. The molecule has 0 spiro atoms. The number of nitrogens with two attached hydrogens (primary N) is 1. The number of hydrogen-bond donors (Lipinski definition) is 2. The van der Waals surface area contributed by atoms with E-state index in [1.807, 2.05) is 4.90 Å². The van der Waals surface area contributed by atoms with Gasteiger partial charge < -0.3 is 16.0 Å². The van der Waals surface area contributed by atoms with Gasteiger partial charge in [0.2, 0.25) is 5.91 Å². The van der Waals surface area contributed by atoms with Gasteiger partial charge in [-0.1, -0.05) is 0 Å². The summed E-state index contributed by atoms with van der Waals surface area (Å²) in [5.41, 5.74) is 5.88. The molecular weight excluding hydrogens is 309 g/mol. The van der Waals surface area contributed by atoms with E-state index in [4.69, 9.17) is 5.73 Å².